The summed E-state index contributed by atoms with van der Waals surface area (Å²) in [6.45, 7) is 0.185. The molecule has 0 heterocycles. The molecule has 2 aromatic carbocycles. The summed E-state index contributed by atoms with van der Waals surface area (Å²) in [5.74, 6) is 0.671. The molecule has 0 amide bonds. The molecule has 0 unspecified atom stereocenters. The van der Waals surface area contributed by atoms with E-state index in [9.17, 15) is 8.42 Å². The number of hydrogen-bond acceptors (Lipinski definition) is 3. The number of sulfonamides is 1. The zero-order valence-corrected chi connectivity index (χ0v) is 13.4. The van der Waals surface area contributed by atoms with E-state index in [1.54, 1.807) is 37.4 Å². The summed E-state index contributed by atoms with van der Waals surface area (Å²) >= 11 is 6.11. The summed E-state index contributed by atoms with van der Waals surface area (Å²) in [7, 11) is -1.86. The second kappa shape index (κ2) is 6.37. The Kier molecular flexibility index (Phi) is 4.75. The van der Waals surface area contributed by atoms with Gasteiger partial charge in [0, 0.05) is 5.02 Å². The third kappa shape index (κ3) is 3.89. The largest absolute Gasteiger partial charge is 0.497 e. The molecule has 112 valence electrons. The topological polar surface area (TPSA) is 46.6 Å². The van der Waals surface area contributed by atoms with Crippen molar-refractivity contribution >= 4 is 27.3 Å². The highest BCUT2D eigenvalue weighted by molar-refractivity contribution is 7.92. The van der Waals surface area contributed by atoms with E-state index in [4.69, 9.17) is 16.3 Å². The lowest BCUT2D eigenvalue weighted by atomic mass is 10.2. The Morgan fingerprint density at radius 1 is 1.10 bits per heavy atom. The predicted octanol–water partition coefficient (Wildman–Crippen LogP) is 3.31. The molecule has 0 atom stereocenters. The third-order valence-electron chi connectivity index (χ3n) is 3.03. The SMILES string of the molecule is COc1ccc(N(Cc2ccccc2Cl)S(C)(=O)=O)cc1. The molecule has 0 bridgehead atoms. The highest BCUT2D eigenvalue weighted by Gasteiger charge is 2.18. The van der Waals surface area contributed by atoms with Crippen molar-refractivity contribution in [3.8, 4) is 5.75 Å². The number of ether oxygens (including phenoxy) is 1. The molecule has 6 heteroatoms. The first-order valence-electron chi connectivity index (χ1n) is 6.27. The van der Waals surface area contributed by atoms with Crippen molar-refractivity contribution < 1.29 is 13.2 Å². The van der Waals surface area contributed by atoms with Crippen molar-refractivity contribution in [2.24, 2.45) is 0 Å². The number of nitrogens with zero attached hydrogens (tertiary/aromatic N) is 1. The van der Waals surface area contributed by atoms with Crippen molar-refractivity contribution in [3.63, 3.8) is 0 Å². The minimum Gasteiger partial charge on any atom is -0.497 e. The summed E-state index contributed by atoms with van der Waals surface area (Å²) < 4.78 is 30.5. The van der Waals surface area contributed by atoms with Gasteiger partial charge in [0.15, 0.2) is 0 Å². The van der Waals surface area contributed by atoms with Crippen LogP contribution in [0.15, 0.2) is 48.5 Å². The van der Waals surface area contributed by atoms with Crippen LogP contribution in [-0.4, -0.2) is 21.8 Å². The minimum atomic E-state index is -3.42. The molecular formula is C15H16ClNO3S. The second-order valence-corrected chi connectivity index (χ2v) is 6.87. The zero-order valence-electron chi connectivity index (χ0n) is 11.8. The second-order valence-electron chi connectivity index (χ2n) is 4.56. The maximum atomic E-state index is 12.1. The van der Waals surface area contributed by atoms with Crippen LogP contribution >= 0.6 is 11.6 Å². The van der Waals surface area contributed by atoms with Gasteiger partial charge in [0.25, 0.3) is 0 Å². The molecule has 0 fully saturated rings. The van der Waals surface area contributed by atoms with Gasteiger partial charge in [-0.05, 0) is 35.9 Å². The Hall–Kier alpha value is -1.72. The van der Waals surface area contributed by atoms with Crippen LogP contribution in [0, 0.1) is 0 Å². The van der Waals surface area contributed by atoms with Crippen LogP contribution in [0.1, 0.15) is 5.56 Å². The van der Waals surface area contributed by atoms with Crippen molar-refractivity contribution in [2.45, 2.75) is 6.54 Å². The summed E-state index contributed by atoms with van der Waals surface area (Å²) in [5.41, 5.74) is 1.32. The summed E-state index contributed by atoms with van der Waals surface area (Å²) in [6, 6.07) is 14.0. The average Bonchev–Trinajstić information content (AvgIpc) is 2.45. The van der Waals surface area contributed by atoms with Crippen LogP contribution in [-0.2, 0) is 16.6 Å². The molecule has 0 aliphatic carbocycles. The van der Waals surface area contributed by atoms with Crippen LogP contribution < -0.4 is 9.04 Å². The Morgan fingerprint density at radius 2 is 1.71 bits per heavy atom. The molecule has 0 spiro atoms. The average molecular weight is 326 g/mol. The highest BCUT2D eigenvalue weighted by Crippen LogP contribution is 2.25. The molecule has 0 aromatic heterocycles. The fourth-order valence-electron chi connectivity index (χ4n) is 1.93. The van der Waals surface area contributed by atoms with E-state index in [1.807, 2.05) is 18.2 Å². The lowest BCUT2D eigenvalue weighted by Crippen LogP contribution is -2.29. The summed E-state index contributed by atoms with van der Waals surface area (Å²) in [4.78, 5) is 0. The van der Waals surface area contributed by atoms with Gasteiger partial charge < -0.3 is 4.74 Å². The highest BCUT2D eigenvalue weighted by atomic mass is 35.5. The maximum absolute atomic E-state index is 12.1. The lowest BCUT2D eigenvalue weighted by Gasteiger charge is -2.23. The van der Waals surface area contributed by atoms with Gasteiger partial charge >= 0.3 is 0 Å². The standard InChI is InChI=1S/C15H16ClNO3S/c1-20-14-9-7-13(8-10-14)17(21(2,18)19)11-12-5-3-4-6-15(12)16/h3-10H,11H2,1-2H3. The molecule has 0 saturated carbocycles. The summed E-state index contributed by atoms with van der Waals surface area (Å²) in [5, 5.41) is 0.541. The van der Waals surface area contributed by atoms with Crippen LogP contribution in [0.5, 0.6) is 5.75 Å². The van der Waals surface area contributed by atoms with E-state index >= 15 is 0 Å². The number of anilines is 1. The monoisotopic (exact) mass is 325 g/mol. The third-order valence-corrected chi connectivity index (χ3v) is 4.54. The van der Waals surface area contributed by atoms with Gasteiger partial charge in [-0.15, -0.1) is 0 Å². The lowest BCUT2D eigenvalue weighted by molar-refractivity contribution is 0.415. The maximum Gasteiger partial charge on any atom is 0.232 e. The number of halogens is 1. The first-order chi connectivity index (χ1) is 9.91. The zero-order chi connectivity index (χ0) is 15.5. The van der Waals surface area contributed by atoms with Gasteiger partial charge in [-0.1, -0.05) is 29.8 Å². The van der Waals surface area contributed by atoms with E-state index < -0.39 is 10.0 Å². The van der Waals surface area contributed by atoms with E-state index in [1.165, 1.54) is 10.6 Å². The first kappa shape index (κ1) is 15.7. The molecule has 2 aromatic rings. The van der Waals surface area contributed by atoms with Gasteiger partial charge in [-0.25, -0.2) is 8.42 Å². The molecule has 0 N–H and O–H groups in total. The molecular weight excluding hydrogens is 310 g/mol. The van der Waals surface area contributed by atoms with Crippen molar-refractivity contribution in [1.82, 2.24) is 0 Å². The van der Waals surface area contributed by atoms with Gasteiger partial charge in [0.2, 0.25) is 10.0 Å². The van der Waals surface area contributed by atoms with E-state index in [0.717, 1.165) is 5.56 Å². The normalized spacial score (nSPS) is 11.2. The predicted molar refractivity (Wildman–Crippen MR) is 85.5 cm³/mol. The van der Waals surface area contributed by atoms with Crippen molar-refractivity contribution in [3.05, 3.63) is 59.1 Å². The summed E-state index contributed by atoms with van der Waals surface area (Å²) in [6.07, 6.45) is 1.17. The number of rotatable bonds is 5. The molecule has 0 saturated heterocycles. The van der Waals surface area contributed by atoms with Gasteiger partial charge in [-0.3, -0.25) is 4.31 Å². The molecule has 0 radical (unpaired) electrons. The molecule has 2 rings (SSSR count). The van der Waals surface area contributed by atoms with Crippen LogP contribution in [0.2, 0.25) is 5.02 Å². The molecule has 0 aliphatic rings. The van der Waals surface area contributed by atoms with Crippen LogP contribution in [0.25, 0.3) is 0 Å². The van der Waals surface area contributed by atoms with E-state index in [0.29, 0.717) is 16.5 Å². The van der Waals surface area contributed by atoms with Crippen LogP contribution in [0.4, 0.5) is 5.69 Å². The molecule has 4 nitrogen and oxygen atoms in total. The van der Waals surface area contributed by atoms with Gasteiger partial charge in [0.1, 0.15) is 5.75 Å². The first-order valence-corrected chi connectivity index (χ1v) is 8.49. The van der Waals surface area contributed by atoms with E-state index in [-0.39, 0.29) is 6.54 Å². The fraction of sp³-hybridized carbons (Fsp3) is 0.200. The smallest absolute Gasteiger partial charge is 0.232 e. The number of benzene rings is 2. The molecule has 0 aliphatic heterocycles. The Morgan fingerprint density at radius 3 is 2.24 bits per heavy atom. The Balaban J connectivity index is 2.37. The van der Waals surface area contributed by atoms with Crippen molar-refractivity contribution in [2.75, 3.05) is 17.7 Å². The van der Waals surface area contributed by atoms with Crippen molar-refractivity contribution in [1.29, 1.82) is 0 Å². The van der Waals surface area contributed by atoms with Crippen LogP contribution in [0.3, 0.4) is 0 Å². The Bertz CT molecular complexity index is 714. The number of hydrogen-bond donors (Lipinski definition) is 0. The quantitative estimate of drug-likeness (QED) is 0.847. The van der Waals surface area contributed by atoms with E-state index in [2.05, 4.69) is 0 Å². The molecule has 21 heavy (non-hydrogen) atoms. The number of methoxy groups -OCH3 is 1. The Labute approximate surface area is 130 Å². The van der Waals surface area contributed by atoms with Gasteiger partial charge in [0.05, 0.1) is 25.6 Å². The minimum absolute atomic E-state index is 0.185. The van der Waals surface area contributed by atoms with Gasteiger partial charge in [-0.2, -0.15) is 0 Å². The fourth-order valence-corrected chi connectivity index (χ4v) is 3.00.